The predicted molar refractivity (Wildman–Crippen MR) is 57.3 cm³/mol. The van der Waals surface area contributed by atoms with Crippen molar-refractivity contribution in [2.45, 2.75) is 32.9 Å². The van der Waals surface area contributed by atoms with Crippen molar-refractivity contribution in [3.8, 4) is 0 Å². The van der Waals surface area contributed by atoms with Gasteiger partial charge in [0.1, 0.15) is 0 Å². The van der Waals surface area contributed by atoms with Gasteiger partial charge >= 0.3 is 6.03 Å². The van der Waals surface area contributed by atoms with Crippen LogP contribution in [0.4, 0.5) is 4.79 Å². The van der Waals surface area contributed by atoms with Crippen LogP contribution in [0.15, 0.2) is 0 Å². The molecular formula is C10H21N3O. The summed E-state index contributed by atoms with van der Waals surface area (Å²) in [7, 11) is 1.85. The number of nitrogens with zero attached hydrogens (tertiary/aromatic N) is 2. The molecule has 0 aromatic heterocycles. The first-order valence-electron chi connectivity index (χ1n) is 5.31. The summed E-state index contributed by atoms with van der Waals surface area (Å²) in [6.45, 7) is 8.82. The first-order valence-corrected chi connectivity index (χ1v) is 5.31. The number of likely N-dealkylation sites (N-methyl/N-ethyl adjacent to an activating group) is 1. The minimum atomic E-state index is 0.147. The van der Waals surface area contributed by atoms with Crippen LogP contribution >= 0.6 is 0 Å². The Labute approximate surface area is 86.2 Å². The van der Waals surface area contributed by atoms with Crippen molar-refractivity contribution >= 4 is 6.03 Å². The van der Waals surface area contributed by atoms with Gasteiger partial charge in [0.2, 0.25) is 0 Å². The van der Waals surface area contributed by atoms with Crippen molar-refractivity contribution in [1.29, 1.82) is 0 Å². The van der Waals surface area contributed by atoms with E-state index in [2.05, 4.69) is 12.2 Å². The molecule has 0 atom stereocenters. The number of carbonyl (C=O) groups is 1. The maximum absolute atomic E-state index is 11.7. The standard InChI is InChI=1S/C10H21N3O/c1-5-11-9-6-13(7-9)10(14)12(4)8(2)3/h8-9,11H,5-7H2,1-4H3. The zero-order valence-corrected chi connectivity index (χ0v) is 9.58. The van der Waals surface area contributed by atoms with Crippen molar-refractivity contribution in [3.63, 3.8) is 0 Å². The van der Waals surface area contributed by atoms with Crippen LogP contribution in [0.2, 0.25) is 0 Å². The Balaban J connectivity index is 2.29. The minimum Gasteiger partial charge on any atom is -0.325 e. The predicted octanol–water partition coefficient (Wildman–Crippen LogP) is 0.740. The summed E-state index contributed by atoms with van der Waals surface area (Å²) in [5, 5.41) is 3.32. The monoisotopic (exact) mass is 199 g/mol. The number of amides is 2. The number of rotatable bonds is 3. The lowest BCUT2D eigenvalue weighted by atomic mass is 10.1. The third kappa shape index (κ3) is 2.38. The van der Waals surface area contributed by atoms with Crippen LogP contribution < -0.4 is 5.32 Å². The number of nitrogens with one attached hydrogen (secondary N) is 1. The number of likely N-dealkylation sites (tertiary alicyclic amines) is 1. The first kappa shape index (κ1) is 11.3. The fraction of sp³-hybridized carbons (Fsp3) is 0.900. The molecule has 0 aromatic rings. The Morgan fingerprint density at radius 2 is 2.14 bits per heavy atom. The number of hydrogen-bond donors (Lipinski definition) is 1. The van der Waals surface area contributed by atoms with Gasteiger partial charge in [0.25, 0.3) is 0 Å². The molecule has 0 radical (unpaired) electrons. The van der Waals surface area contributed by atoms with Crippen molar-refractivity contribution in [3.05, 3.63) is 0 Å². The van der Waals surface area contributed by atoms with Crippen LogP contribution in [-0.4, -0.2) is 54.6 Å². The average Bonchev–Trinajstić information content (AvgIpc) is 2.08. The Bertz CT molecular complexity index is 200. The average molecular weight is 199 g/mol. The van der Waals surface area contributed by atoms with Gasteiger partial charge in [-0.25, -0.2) is 4.79 Å². The molecule has 2 amide bonds. The number of hydrogen-bond acceptors (Lipinski definition) is 2. The fourth-order valence-electron chi connectivity index (χ4n) is 1.50. The second-order valence-electron chi connectivity index (χ2n) is 4.15. The van der Waals surface area contributed by atoms with Gasteiger partial charge in [-0.2, -0.15) is 0 Å². The highest BCUT2D eigenvalue weighted by atomic mass is 16.2. The van der Waals surface area contributed by atoms with Crippen LogP contribution in [0.25, 0.3) is 0 Å². The van der Waals surface area contributed by atoms with Gasteiger partial charge in [0.05, 0.1) is 0 Å². The van der Waals surface area contributed by atoms with E-state index in [9.17, 15) is 4.79 Å². The Kier molecular flexibility index (Phi) is 3.75. The van der Waals surface area contributed by atoms with E-state index >= 15 is 0 Å². The molecule has 82 valence electrons. The lowest BCUT2D eigenvalue weighted by Crippen LogP contribution is -2.62. The molecule has 1 fully saturated rings. The minimum absolute atomic E-state index is 0.147. The normalized spacial score (nSPS) is 17.1. The van der Waals surface area contributed by atoms with Crippen LogP contribution in [0.1, 0.15) is 20.8 Å². The van der Waals surface area contributed by atoms with Crippen LogP contribution in [0, 0.1) is 0 Å². The largest absolute Gasteiger partial charge is 0.325 e. The molecule has 1 rings (SSSR count). The Morgan fingerprint density at radius 1 is 1.57 bits per heavy atom. The van der Waals surface area contributed by atoms with E-state index in [4.69, 9.17) is 0 Å². The van der Waals surface area contributed by atoms with Crippen molar-refractivity contribution in [2.24, 2.45) is 0 Å². The molecule has 1 aliphatic rings. The Morgan fingerprint density at radius 3 is 2.57 bits per heavy atom. The van der Waals surface area contributed by atoms with E-state index in [0.717, 1.165) is 19.6 Å². The zero-order valence-electron chi connectivity index (χ0n) is 9.58. The molecule has 1 N–H and O–H groups in total. The van der Waals surface area contributed by atoms with E-state index in [1.165, 1.54) is 0 Å². The molecule has 0 aromatic carbocycles. The molecule has 0 unspecified atom stereocenters. The smallest absolute Gasteiger partial charge is 0.320 e. The van der Waals surface area contributed by atoms with Crippen LogP contribution in [-0.2, 0) is 0 Å². The number of urea groups is 1. The fourth-order valence-corrected chi connectivity index (χ4v) is 1.50. The summed E-state index contributed by atoms with van der Waals surface area (Å²) in [5.74, 6) is 0. The first-order chi connectivity index (χ1) is 6.56. The van der Waals surface area contributed by atoms with Gasteiger partial charge in [-0.15, -0.1) is 0 Å². The number of carbonyl (C=O) groups excluding carboxylic acids is 1. The van der Waals surface area contributed by atoms with Crippen LogP contribution in [0.3, 0.4) is 0 Å². The molecule has 1 heterocycles. The highest BCUT2D eigenvalue weighted by Crippen LogP contribution is 2.11. The summed E-state index contributed by atoms with van der Waals surface area (Å²) in [5.41, 5.74) is 0. The van der Waals surface area contributed by atoms with Crippen molar-refractivity contribution in [2.75, 3.05) is 26.7 Å². The summed E-state index contributed by atoms with van der Waals surface area (Å²) in [6.07, 6.45) is 0. The zero-order chi connectivity index (χ0) is 10.7. The molecule has 0 spiro atoms. The third-order valence-electron chi connectivity index (χ3n) is 2.72. The second kappa shape index (κ2) is 4.64. The van der Waals surface area contributed by atoms with Gasteiger partial charge in [0, 0.05) is 32.2 Å². The van der Waals surface area contributed by atoms with Crippen molar-refractivity contribution in [1.82, 2.24) is 15.1 Å². The maximum atomic E-state index is 11.7. The molecule has 4 heteroatoms. The van der Waals surface area contributed by atoms with Gasteiger partial charge < -0.3 is 15.1 Å². The molecule has 1 aliphatic heterocycles. The van der Waals surface area contributed by atoms with Crippen molar-refractivity contribution < 1.29 is 4.79 Å². The van der Waals surface area contributed by atoms with Gasteiger partial charge in [-0.3, -0.25) is 0 Å². The second-order valence-corrected chi connectivity index (χ2v) is 4.15. The SMILES string of the molecule is CCNC1CN(C(=O)N(C)C(C)C)C1. The lowest BCUT2D eigenvalue weighted by molar-refractivity contribution is 0.105. The molecule has 14 heavy (non-hydrogen) atoms. The third-order valence-corrected chi connectivity index (χ3v) is 2.72. The molecule has 0 bridgehead atoms. The van der Waals surface area contributed by atoms with E-state index in [0.29, 0.717) is 6.04 Å². The molecule has 1 saturated heterocycles. The molecule has 4 nitrogen and oxygen atoms in total. The highest BCUT2D eigenvalue weighted by molar-refractivity contribution is 5.75. The summed E-state index contributed by atoms with van der Waals surface area (Å²) >= 11 is 0. The van der Waals surface area contributed by atoms with Gasteiger partial charge in [0.15, 0.2) is 0 Å². The van der Waals surface area contributed by atoms with E-state index in [1.807, 2.05) is 25.8 Å². The summed E-state index contributed by atoms with van der Waals surface area (Å²) in [6, 6.07) is 0.930. The maximum Gasteiger partial charge on any atom is 0.320 e. The molecular weight excluding hydrogens is 178 g/mol. The van der Waals surface area contributed by atoms with E-state index < -0.39 is 0 Å². The van der Waals surface area contributed by atoms with E-state index in [1.54, 1.807) is 4.90 Å². The van der Waals surface area contributed by atoms with Crippen LogP contribution in [0.5, 0.6) is 0 Å². The quantitative estimate of drug-likeness (QED) is 0.727. The van der Waals surface area contributed by atoms with Gasteiger partial charge in [-0.1, -0.05) is 6.92 Å². The van der Waals surface area contributed by atoms with Gasteiger partial charge in [-0.05, 0) is 20.4 Å². The topological polar surface area (TPSA) is 35.6 Å². The summed E-state index contributed by atoms with van der Waals surface area (Å²) < 4.78 is 0. The molecule has 0 saturated carbocycles. The van der Waals surface area contributed by atoms with E-state index in [-0.39, 0.29) is 12.1 Å². The molecule has 0 aliphatic carbocycles. The summed E-state index contributed by atoms with van der Waals surface area (Å²) in [4.78, 5) is 15.4. The highest BCUT2D eigenvalue weighted by Gasteiger charge is 2.31. The Hall–Kier alpha value is -0.770. The lowest BCUT2D eigenvalue weighted by Gasteiger charge is -2.42.